The number of ether oxygens (including phenoxy) is 2. The van der Waals surface area contributed by atoms with Gasteiger partial charge in [-0.25, -0.2) is 8.42 Å². The van der Waals surface area contributed by atoms with Gasteiger partial charge in [0.1, 0.15) is 36.4 Å². The second-order valence-corrected chi connectivity index (χ2v) is 9.97. The van der Waals surface area contributed by atoms with E-state index in [-0.39, 0.29) is 15.9 Å². The molecule has 0 bridgehead atoms. The molecule has 1 aromatic heterocycles. The van der Waals surface area contributed by atoms with Crippen LogP contribution in [0.15, 0.2) is 53.2 Å². The van der Waals surface area contributed by atoms with E-state index in [0.717, 1.165) is 17.6 Å². The molecular weight excluding hydrogens is 476 g/mol. The quantitative estimate of drug-likeness (QED) is 0.269. The minimum Gasteiger partial charge on any atom is -0.490 e. The largest absolute Gasteiger partial charge is 0.490 e. The van der Waals surface area contributed by atoms with Crippen LogP contribution in [0.25, 0.3) is 6.08 Å². The Hall–Kier alpha value is -3.75. The number of nitriles is 1. The number of sulfone groups is 1. The van der Waals surface area contributed by atoms with Gasteiger partial charge in [0.25, 0.3) is 11.1 Å². The van der Waals surface area contributed by atoms with Crippen LogP contribution in [-0.4, -0.2) is 43.2 Å². The first kappa shape index (κ1) is 24.9. The highest BCUT2D eigenvalue weighted by Crippen LogP contribution is 2.20. The fraction of sp³-hybridized carbons (Fsp3) is 0.217. The SMILES string of the molecule is Cc1ccc(OCCOc2ccc(/C=C(/C#N)C(=O)Nc3nc(S(C)(=O)=O)ns3)cc2)c(C)c1. The first-order valence-electron chi connectivity index (χ1n) is 10.1. The van der Waals surface area contributed by atoms with Crippen LogP contribution in [0, 0.1) is 25.2 Å². The highest BCUT2D eigenvalue weighted by Gasteiger charge is 2.17. The average Bonchev–Trinajstić information content (AvgIpc) is 3.26. The highest BCUT2D eigenvalue weighted by molar-refractivity contribution is 7.90. The molecule has 0 saturated heterocycles. The van der Waals surface area contributed by atoms with E-state index in [1.54, 1.807) is 24.3 Å². The third-order valence-electron chi connectivity index (χ3n) is 4.46. The lowest BCUT2D eigenvalue weighted by Crippen LogP contribution is -2.13. The second kappa shape index (κ2) is 10.9. The summed E-state index contributed by atoms with van der Waals surface area (Å²) >= 11 is 0.714. The lowest BCUT2D eigenvalue weighted by atomic mass is 10.1. The van der Waals surface area contributed by atoms with Crippen molar-refractivity contribution >= 4 is 38.5 Å². The Balaban J connectivity index is 1.55. The van der Waals surface area contributed by atoms with Crippen LogP contribution >= 0.6 is 11.5 Å². The molecule has 0 aliphatic rings. The van der Waals surface area contributed by atoms with E-state index >= 15 is 0 Å². The van der Waals surface area contributed by atoms with Gasteiger partial charge in [0.2, 0.25) is 15.0 Å². The van der Waals surface area contributed by atoms with Crippen molar-refractivity contribution in [3.8, 4) is 17.6 Å². The number of rotatable bonds is 9. The van der Waals surface area contributed by atoms with Crippen LogP contribution in [-0.2, 0) is 14.6 Å². The van der Waals surface area contributed by atoms with Gasteiger partial charge in [-0.1, -0.05) is 29.8 Å². The molecule has 0 aliphatic heterocycles. The Labute approximate surface area is 201 Å². The van der Waals surface area contributed by atoms with E-state index < -0.39 is 15.7 Å². The number of carbonyl (C=O) groups excluding carboxylic acids is 1. The number of aromatic nitrogens is 2. The summed E-state index contributed by atoms with van der Waals surface area (Å²) in [5, 5.41) is 11.3. The number of benzene rings is 2. The number of anilines is 1. The van der Waals surface area contributed by atoms with Crippen molar-refractivity contribution in [2.24, 2.45) is 0 Å². The zero-order chi connectivity index (χ0) is 24.7. The number of nitrogens with zero attached hydrogens (tertiary/aromatic N) is 3. The standard InChI is InChI=1S/C23H22N4O5S2/c1-15-4-9-20(16(2)12-15)32-11-10-31-19-7-5-17(6-8-19)13-18(14-24)21(28)25-22-26-23(27-33-22)34(3,29)30/h4-9,12-13H,10-11H2,1-3H3,(H,25,26,27,28)/b18-13-. The molecule has 1 N–H and O–H groups in total. The zero-order valence-corrected chi connectivity index (χ0v) is 20.4. The Kier molecular flexibility index (Phi) is 7.99. The zero-order valence-electron chi connectivity index (χ0n) is 18.7. The molecular formula is C23H22N4O5S2. The third kappa shape index (κ3) is 6.87. The normalized spacial score (nSPS) is 11.5. The number of hydrogen-bond donors (Lipinski definition) is 1. The molecule has 1 amide bonds. The summed E-state index contributed by atoms with van der Waals surface area (Å²) in [5.74, 6) is 0.715. The monoisotopic (exact) mass is 498 g/mol. The Bertz CT molecular complexity index is 1360. The Morgan fingerprint density at radius 2 is 1.85 bits per heavy atom. The Morgan fingerprint density at radius 1 is 1.15 bits per heavy atom. The van der Waals surface area contributed by atoms with Gasteiger partial charge in [-0.2, -0.15) is 14.6 Å². The highest BCUT2D eigenvalue weighted by atomic mass is 32.2. The molecule has 0 unspecified atom stereocenters. The molecule has 0 saturated carbocycles. The van der Waals surface area contributed by atoms with E-state index in [1.807, 2.05) is 32.0 Å². The maximum atomic E-state index is 12.4. The molecule has 11 heteroatoms. The van der Waals surface area contributed by atoms with Gasteiger partial charge in [-0.05, 0) is 49.2 Å². The van der Waals surface area contributed by atoms with E-state index in [9.17, 15) is 18.5 Å². The summed E-state index contributed by atoms with van der Waals surface area (Å²) in [5.41, 5.74) is 2.68. The third-order valence-corrected chi connectivity index (χ3v) is 6.05. The van der Waals surface area contributed by atoms with Crippen LogP contribution in [0.4, 0.5) is 5.13 Å². The van der Waals surface area contributed by atoms with Crippen molar-refractivity contribution in [2.45, 2.75) is 19.0 Å². The number of aryl methyl sites for hydroxylation is 2. The van der Waals surface area contributed by atoms with Crippen LogP contribution in [0.2, 0.25) is 0 Å². The van der Waals surface area contributed by atoms with Gasteiger partial charge in [0.15, 0.2) is 0 Å². The molecule has 1 heterocycles. The first-order chi connectivity index (χ1) is 16.2. The molecule has 2 aromatic carbocycles. The molecule has 0 spiro atoms. The van der Waals surface area contributed by atoms with Crippen molar-refractivity contribution in [3.05, 3.63) is 64.7 Å². The number of amides is 1. The summed E-state index contributed by atoms with van der Waals surface area (Å²) < 4.78 is 38.0. The van der Waals surface area contributed by atoms with Crippen LogP contribution in [0.1, 0.15) is 16.7 Å². The Morgan fingerprint density at radius 3 is 2.47 bits per heavy atom. The van der Waals surface area contributed by atoms with E-state index in [4.69, 9.17) is 9.47 Å². The molecule has 34 heavy (non-hydrogen) atoms. The van der Waals surface area contributed by atoms with E-state index in [0.29, 0.717) is 36.1 Å². The number of hydrogen-bond acceptors (Lipinski definition) is 9. The summed E-state index contributed by atoms with van der Waals surface area (Å²) in [6.07, 6.45) is 2.37. The smallest absolute Gasteiger partial charge is 0.268 e. The molecule has 3 aromatic rings. The van der Waals surface area contributed by atoms with E-state index in [1.165, 1.54) is 11.6 Å². The van der Waals surface area contributed by atoms with Crippen LogP contribution in [0.3, 0.4) is 0 Å². The van der Waals surface area contributed by atoms with Crippen LogP contribution in [0.5, 0.6) is 11.5 Å². The maximum Gasteiger partial charge on any atom is 0.268 e. The van der Waals surface area contributed by atoms with Crippen molar-refractivity contribution in [1.82, 2.24) is 9.36 Å². The summed E-state index contributed by atoms with van der Waals surface area (Å²) in [6.45, 7) is 4.76. The van der Waals surface area contributed by atoms with Gasteiger partial charge < -0.3 is 9.47 Å². The molecule has 0 aliphatic carbocycles. The summed E-state index contributed by atoms with van der Waals surface area (Å²) in [4.78, 5) is 16.1. The van der Waals surface area contributed by atoms with Gasteiger partial charge in [-0.3, -0.25) is 10.1 Å². The molecule has 0 radical (unpaired) electrons. The van der Waals surface area contributed by atoms with Gasteiger partial charge in [-0.15, -0.1) is 0 Å². The van der Waals surface area contributed by atoms with Crippen molar-refractivity contribution < 1.29 is 22.7 Å². The minimum absolute atomic E-state index is 0.0154. The molecule has 176 valence electrons. The predicted octanol–water partition coefficient (Wildman–Crippen LogP) is 3.56. The van der Waals surface area contributed by atoms with Gasteiger partial charge in [0, 0.05) is 17.8 Å². The topological polar surface area (TPSA) is 131 Å². The molecule has 3 rings (SSSR count). The molecule has 9 nitrogen and oxygen atoms in total. The van der Waals surface area contributed by atoms with Crippen molar-refractivity contribution in [2.75, 3.05) is 24.8 Å². The van der Waals surface area contributed by atoms with Crippen molar-refractivity contribution in [1.29, 1.82) is 5.26 Å². The second-order valence-electron chi connectivity index (χ2n) is 7.31. The van der Waals surface area contributed by atoms with Crippen LogP contribution < -0.4 is 14.8 Å². The predicted molar refractivity (Wildman–Crippen MR) is 129 cm³/mol. The number of carbonyl (C=O) groups is 1. The minimum atomic E-state index is -3.59. The lowest BCUT2D eigenvalue weighted by Gasteiger charge is -2.11. The number of nitrogens with one attached hydrogen (secondary N) is 1. The fourth-order valence-electron chi connectivity index (χ4n) is 2.82. The lowest BCUT2D eigenvalue weighted by molar-refractivity contribution is -0.112. The van der Waals surface area contributed by atoms with Crippen molar-refractivity contribution in [3.63, 3.8) is 0 Å². The summed E-state index contributed by atoms with van der Waals surface area (Å²) in [6, 6.07) is 14.7. The maximum absolute atomic E-state index is 12.4. The average molecular weight is 499 g/mol. The fourth-order valence-corrected chi connectivity index (χ4v) is 4.26. The van der Waals surface area contributed by atoms with E-state index in [2.05, 4.69) is 20.7 Å². The van der Waals surface area contributed by atoms with Gasteiger partial charge in [0.05, 0.1) is 0 Å². The molecule has 0 fully saturated rings. The summed E-state index contributed by atoms with van der Waals surface area (Å²) in [7, 11) is -3.59. The van der Waals surface area contributed by atoms with Gasteiger partial charge >= 0.3 is 0 Å². The molecule has 0 atom stereocenters. The first-order valence-corrected chi connectivity index (χ1v) is 12.7.